The Morgan fingerprint density at radius 2 is 1.73 bits per heavy atom. The first-order valence-corrected chi connectivity index (χ1v) is 12.7. The molecular weight excluding hydrogens is 368 g/mol. The smallest absolute Gasteiger partial charge is 0.119 e. The molecule has 4 rings (SSSR count). The normalized spacial score (nSPS) is 30.9. The van der Waals surface area contributed by atoms with Crippen LogP contribution in [0.25, 0.3) is 0 Å². The second kappa shape index (κ2) is 10.8. The maximum atomic E-state index is 5.99. The van der Waals surface area contributed by atoms with Crippen LogP contribution >= 0.6 is 0 Å². The molecule has 3 aliphatic carbocycles. The highest BCUT2D eigenvalue weighted by Crippen LogP contribution is 2.47. The van der Waals surface area contributed by atoms with Crippen LogP contribution in [0.3, 0.4) is 0 Å². The average molecular weight is 411 g/mol. The van der Waals surface area contributed by atoms with E-state index in [4.69, 9.17) is 9.47 Å². The number of rotatable bonds is 9. The van der Waals surface area contributed by atoms with Crippen molar-refractivity contribution < 1.29 is 9.47 Å². The van der Waals surface area contributed by atoms with Gasteiger partial charge in [0.05, 0.1) is 19.3 Å². The summed E-state index contributed by atoms with van der Waals surface area (Å²) < 4.78 is 12.0. The molecule has 2 saturated carbocycles. The zero-order chi connectivity index (χ0) is 20.8. The SMILES string of the molecule is C=CCO[C@@H]1CC[C@@H]2CC(C3CCc4cc(OCCCCC)ccc4C3)CCC2C1. The van der Waals surface area contributed by atoms with Gasteiger partial charge in [0.15, 0.2) is 0 Å². The summed E-state index contributed by atoms with van der Waals surface area (Å²) in [5, 5.41) is 0. The quantitative estimate of drug-likeness (QED) is 0.318. The Morgan fingerprint density at radius 3 is 2.57 bits per heavy atom. The van der Waals surface area contributed by atoms with Gasteiger partial charge in [-0.2, -0.15) is 0 Å². The van der Waals surface area contributed by atoms with Crippen molar-refractivity contribution in [3.05, 3.63) is 42.0 Å². The molecule has 0 saturated heterocycles. The van der Waals surface area contributed by atoms with Crippen molar-refractivity contribution >= 4 is 0 Å². The van der Waals surface area contributed by atoms with E-state index >= 15 is 0 Å². The largest absolute Gasteiger partial charge is 0.494 e. The molecule has 0 aromatic heterocycles. The minimum atomic E-state index is 0.487. The molecule has 0 bridgehead atoms. The summed E-state index contributed by atoms with van der Waals surface area (Å²) in [7, 11) is 0. The summed E-state index contributed by atoms with van der Waals surface area (Å²) >= 11 is 0. The third kappa shape index (κ3) is 5.49. The molecule has 0 heterocycles. The first kappa shape index (κ1) is 21.9. The van der Waals surface area contributed by atoms with Gasteiger partial charge >= 0.3 is 0 Å². The number of benzene rings is 1. The Balaban J connectivity index is 1.28. The fourth-order valence-electron chi connectivity index (χ4n) is 6.46. The van der Waals surface area contributed by atoms with Crippen LogP contribution in [-0.2, 0) is 17.6 Å². The molecular formula is C28H42O2. The molecule has 30 heavy (non-hydrogen) atoms. The van der Waals surface area contributed by atoms with E-state index < -0.39 is 0 Å². The number of hydrogen-bond donors (Lipinski definition) is 0. The van der Waals surface area contributed by atoms with Crippen molar-refractivity contribution in [1.29, 1.82) is 0 Å². The molecule has 1 aromatic carbocycles. The zero-order valence-corrected chi connectivity index (χ0v) is 19.1. The number of fused-ring (bicyclic) bond motifs is 2. The van der Waals surface area contributed by atoms with E-state index in [2.05, 4.69) is 31.7 Å². The molecule has 2 fully saturated rings. The molecule has 2 nitrogen and oxygen atoms in total. The molecule has 3 unspecified atom stereocenters. The first-order chi connectivity index (χ1) is 14.8. The van der Waals surface area contributed by atoms with Gasteiger partial charge in [0.25, 0.3) is 0 Å². The van der Waals surface area contributed by atoms with Gasteiger partial charge in [-0.25, -0.2) is 0 Å². The van der Waals surface area contributed by atoms with Gasteiger partial charge in [-0.05, 0) is 111 Å². The summed E-state index contributed by atoms with van der Waals surface area (Å²) in [6.07, 6.45) is 18.2. The van der Waals surface area contributed by atoms with Crippen molar-refractivity contribution in [2.45, 2.75) is 90.1 Å². The van der Waals surface area contributed by atoms with Crippen molar-refractivity contribution in [3.63, 3.8) is 0 Å². The van der Waals surface area contributed by atoms with Crippen LogP contribution in [0.4, 0.5) is 0 Å². The van der Waals surface area contributed by atoms with Gasteiger partial charge in [0.1, 0.15) is 5.75 Å². The summed E-state index contributed by atoms with van der Waals surface area (Å²) in [5.41, 5.74) is 3.14. The minimum Gasteiger partial charge on any atom is -0.494 e. The fraction of sp³-hybridized carbons (Fsp3) is 0.714. The van der Waals surface area contributed by atoms with Crippen molar-refractivity contribution in [3.8, 4) is 5.75 Å². The van der Waals surface area contributed by atoms with E-state index in [1.807, 2.05) is 6.08 Å². The molecule has 0 amide bonds. The molecule has 0 N–H and O–H groups in total. The van der Waals surface area contributed by atoms with E-state index in [1.165, 1.54) is 77.0 Å². The van der Waals surface area contributed by atoms with Crippen LogP contribution in [0.2, 0.25) is 0 Å². The molecule has 0 aliphatic heterocycles. The highest BCUT2D eigenvalue weighted by molar-refractivity contribution is 5.37. The van der Waals surface area contributed by atoms with Gasteiger partial charge in [-0.1, -0.05) is 31.9 Å². The Bertz CT molecular complexity index is 681. The minimum absolute atomic E-state index is 0.487. The second-order valence-corrected chi connectivity index (χ2v) is 10.1. The average Bonchev–Trinajstić information content (AvgIpc) is 2.79. The Morgan fingerprint density at radius 1 is 0.933 bits per heavy atom. The lowest BCUT2D eigenvalue weighted by Gasteiger charge is -2.44. The molecule has 3 aliphatic rings. The van der Waals surface area contributed by atoms with Crippen molar-refractivity contribution in [2.24, 2.45) is 23.7 Å². The third-order valence-corrected chi connectivity index (χ3v) is 8.18. The van der Waals surface area contributed by atoms with Crippen LogP contribution < -0.4 is 4.74 Å². The van der Waals surface area contributed by atoms with E-state index in [1.54, 1.807) is 11.1 Å². The number of aryl methyl sites for hydroxylation is 1. The zero-order valence-electron chi connectivity index (χ0n) is 19.1. The van der Waals surface area contributed by atoms with Crippen molar-refractivity contribution in [2.75, 3.05) is 13.2 Å². The van der Waals surface area contributed by atoms with Crippen molar-refractivity contribution in [1.82, 2.24) is 0 Å². The fourth-order valence-corrected chi connectivity index (χ4v) is 6.46. The van der Waals surface area contributed by atoms with Gasteiger partial charge in [-0.3, -0.25) is 0 Å². The standard InChI is InChI=1S/C28H42O2/c1-3-5-6-16-30-28-14-12-24-18-22(8-10-26(24)20-28)21-7-9-25-19-27(29-15-4-2)13-11-23(25)17-21/h4,12,14,20-23,25,27H,2-3,5-11,13,15-19H2,1H3/t21?,22?,23-,25?,27-/m1/s1. The van der Waals surface area contributed by atoms with Crippen LogP contribution in [0.15, 0.2) is 30.9 Å². The Kier molecular flexibility index (Phi) is 7.93. The first-order valence-electron chi connectivity index (χ1n) is 12.7. The molecule has 2 heteroatoms. The Labute approximate surface area is 184 Å². The van der Waals surface area contributed by atoms with Gasteiger partial charge in [-0.15, -0.1) is 6.58 Å². The van der Waals surface area contributed by atoms with Crippen LogP contribution in [-0.4, -0.2) is 19.3 Å². The third-order valence-electron chi connectivity index (χ3n) is 8.18. The van der Waals surface area contributed by atoms with E-state index in [-0.39, 0.29) is 0 Å². The maximum absolute atomic E-state index is 5.99. The van der Waals surface area contributed by atoms with E-state index in [0.29, 0.717) is 6.10 Å². The molecule has 0 spiro atoms. The monoisotopic (exact) mass is 410 g/mol. The van der Waals surface area contributed by atoms with Gasteiger partial charge < -0.3 is 9.47 Å². The summed E-state index contributed by atoms with van der Waals surface area (Å²) in [6.45, 7) is 7.62. The molecule has 5 atom stereocenters. The van der Waals surface area contributed by atoms with E-state index in [0.717, 1.165) is 42.6 Å². The highest BCUT2D eigenvalue weighted by Gasteiger charge is 2.38. The molecule has 0 radical (unpaired) electrons. The lowest BCUT2D eigenvalue weighted by atomic mass is 9.62. The maximum Gasteiger partial charge on any atom is 0.119 e. The summed E-state index contributed by atoms with van der Waals surface area (Å²) in [6, 6.07) is 6.91. The molecule has 166 valence electrons. The lowest BCUT2D eigenvalue weighted by molar-refractivity contribution is -0.0137. The predicted molar refractivity (Wildman–Crippen MR) is 125 cm³/mol. The van der Waals surface area contributed by atoms with Gasteiger partial charge in [0.2, 0.25) is 0 Å². The second-order valence-electron chi connectivity index (χ2n) is 10.1. The van der Waals surface area contributed by atoms with Crippen LogP contribution in [0.5, 0.6) is 5.75 Å². The lowest BCUT2D eigenvalue weighted by Crippen LogP contribution is -2.37. The topological polar surface area (TPSA) is 18.5 Å². The highest BCUT2D eigenvalue weighted by atomic mass is 16.5. The predicted octanol–water partition coefficient (Wildman–Crippen LogP) is 7.15. The van der Waals surface area contributed by atoms with Gasteiger partial charge in [0, 0.05) is 0 Å². The number of hydrogen-bond acceptors (Lipinski definition) is 2. The summed E-state index contributed by atoms with van der Waals surface area (Å²) in [5.74, 6) is 4.78. The molecule has 1 aromatic rings. The van der Waals surface area contributed by atoms with Crippen LogP contribution in [0.1, 0.15) is 82.3 Å². The van der Waals surface area contributed by atoms with E-state index in [9.17, 15) is 0 Å². The van der Waals surface area contributed by atoms with Crippen LogP contribution in [0, 0.1) is 23.7 Å². The Hall–Kier alpha value is -1.28. The number of ether oxygens (including phenoxy) is 2. The number of unbranched alkanes of at least 4 members (excludes halogenated alkanes) is 2. The summed E-state index contributed by atoms with van der Waals surface area (Å²) in [4.78, 5) is 0.